The van der Waals surface area contributed by atoms with Crippen molar-refractivity contribution in [3.05, 3.63) is 29.1 Å². The van der Waals surface area contributed by atoms with Gasteiger partial charge < -0.3 is 5.11 Å². The van der Waals surface area contributed by atoms with Crippen LogP contribution in [0.4, 0.5) is 14.9 Å². The van der Waals surface area contributed by atoms with Gasteiger partial charge in [-0.2, -0.15) is 0 Å². The maximum absolute atomic E-state index is 13.6. The summed E-state index contributed by atoms with van der Waals surface area (Å²) in [4.78, 5) is 11.5. The van der Waals surface area contributed by atoms with Crippen LogP contribution in [0.15, 0.2) is 12.1 Å². The summed E-state index contributed by atoms with van der Waals surface area (Å²) in [5.74, 6) is 10.0. The summed E-state index contributed by atoms with van der Waals surface area (Å²) < 4.78 is 13.6. The molecule has 0 bridgehead atoms. The lowest BCUT2D eigenvalue weighted by Crippen LogP contribution is -2.49. The predicted molar refractivity (Wildman–Crippen MR) is 61.1 cm³/mol. The number of rotatable bonds is 2. The summed E-state index contributed by atoms with van der Waals surface area (Å²) in [6.45, 7) is 1.26. The number of aliphatic hydroxyl groups is 1. The number of carbonyl (C=O) groups excluding carboxylic acids is 1. The Morgan fingerprint density at radius 3 is 2.53 bits per heavy atom. The van der Waals surface area contributed by atoms with Crippen LogP contribution < -0.4 is 16.7 Å². The number of aliphatic hydroxyl groups excluding tert-OH is 1. The van der Waals surface area contributed by atoms with E-state index in [9.17, 15) is 14.3 Å². The number of aryl methyl sites for hydroxylation is 1. The van der Waals surface area contributed by atoms with E-state index < -0.39 is 18.5 Å². The molecule has 0 aromatic heterocycles. The Kier molecular flexibility index (Phi) is 4.00. The molecular formula is C10H15FN4O2. The Bertz CT molecular complexity index is 437. The molecule has 0 atom stereocenters. The van der Waals surface area contributed by atoms with Crippen LogP contribution in [0, 0.1) is 12.7 Å². The quantitative estimate of drug-likeness (QED) is 0.393. The van der Waals surface area contributed by atoms with Crippen molar-refractivity contribution >= 4 is 11.7 Å². The van der Waals surface area contributed by atoms with Gasteiger partial charge in [0.2, 0.25) is 0 Å². The molecule has 2 amide bonds. The molecule has 0 spiro atoms. The maximum Gasteiger partial charge on any atom is 0.352 e. The zero-order valence-electron chi connectivity index (χ0n) is 9.64. The summed E-state index contributed by atoms with van der Waals surface area (Å²) in [7, 11) is 1.29. The SMILES string of the molecule is Cc1ccc(F)c(N(N)C(=O)N(C)N)c1CO. The number of urea groups is 1. The first kappa shape index (κ1) is 13.4. The Morgan fingerprint density at radius 1 is 1.47 bits per heavy atom. The standard InChI is InChI=1S/C10H15FN4O2/c1-6-3-4-8(11)9(7(6)5-16)15(13)10(17)14(2)12/h3-4,16H,5,12-13H2,1-2H3. The summed E-state index contributed by atoms with van der Waals surface area (Å²) in [5.41, 5.74) is 0.712. The summed E-state index contributed by atoms with van der Waals surface area (Å²) in [5, 5.41) is 10.5. The van der Waals surface area contributed by atoms with Gasteiger partial charge in [-0.15, -0.1) is 0 Å². The molecular weight excluding hydrogens is 227 g/mol. The number of carbonyl (C=O) groups is 1. The van der Waals surface area contributed by atoms with E-state index in [1.807, 2.05) is 0 Å². The smallest absolute Gasteiger partial charge is 0.352 e. The van der Waals surface area contributed by atoms with Gasteiger partial charge in [-0.25, -0.2) is 25.9 Å². The van der Waals surface area contributed by atoms with Gasteiger partial charge in [0.05, 0.1) is 6.61 Å². The zero-order chi connectivity index (χ0) is 13.2. The van der Waals surface area contributed by atoms with Crippen molar-refractivity contribution in [1.29, 1.82) is 0 Å². The Morgan fingerprint density at radius 2 is 2.06 bits per heavy atom. The Balaban J connectivity index is 3.29. The number of halogens is 1. The average molecular weight is 242 g/mol. The van der Waals surface area contributed by atoms with Crippen molar-refractivity contribution in [2.75, 3.05) is 12.1 Å². The minimum atomic E-state index is -0.788. The van der Waals surface area contributed by atoms with Crippen molar-refractivity contribution < 1.29 is 14.3 Å². The molecule has 0 fully saturated rings. The summed E-state index contributed by atoms with van der Waals surface area (Å²) >= 11 is 0. The van der Waals surface area contributed by atoms with Crippen LogP contribution in [-0.4, -0.2) is 23.2 Å². The highest BCUT2D eigenvalue weighted by molar-refractivity contribution is 5.91. The summed E-state index contributed by atoms with van der Waals surface area (Å²) in [6.07, 6.45) is 0. The second-order valence-corrected chi connectivity index (χ2v) is 3.61. The number of hydrogen-bond acceptors (Lipinski definition) is 4. The average Bonchev–Trinajstić information content (AvgIpc) is 2.29. The first-order chi connectivity index (χ1) is 7.90. The molecule has 0 saturated carbocycles. The third kappa shape index (κ3) is 2.52. The highest BCUT2D eigenvalue weighted by Gasteiger charge is 2.22. The molecule has 0 heterocycles. The van der Waals surface area contributed by atoms with E-state index >= 15 is 0 Å². The molecule has 0 aliphatic heterocycles. The lowest BCUT2D eigenvalue weighted by atomic mass is 10.1. The number of anilines is 1. The Hall–Kier alpha value is -1.70. The van der Waals surface area contributed by atoms with E-state index in [0.29, 0.717) is 10.6 Å². The van der Waals surface area contributed by atoms with Crippen molar-refractivity contribution in [3.63, 3.8) is 0 Å². The number of nitrogens with two attached hydrogens (primary N) is 2. The van der Waals surface area contributed by atoms with E-state index in [-0.39, 0.29) is 11.3 Å². The van der Waals surface area contributed by atoms with Gasteiger partial charge in [-0.05, 0) is 18.6 Å². The zero-order valence-corrected chi connectivity index (χ0v) is 9.64. The van der Waals surface area contributed by atoms with Crippen LogP contribution in [-0.2, 0) is 6.61 Å². The van der Waals surface area contributed by atoms with Gasteiger partial charge in [0, 0.05) is 12.6 Å². The number of hydrazine groups is 2. The molecule has 7 heteroatoms. The van der Waals surface area contributed by atoms with E-state index in [2.05, 4.69) is 0 Å². The molecule has 94 valence electrons. The highest BCUT2D eigenvalue weighted by Crippen LogP contribution is 2.26. The monoisotopic (exact) mass is 242 g/mol. The van der Waals surface area contributed by atoms with Crippen molar-refractivity contribution in [3.8, 4) is 0 Å². The van der Waals surface area contributed by atoms with Gasteiger partial charge in [-0.3, -0.25) is 5.01 Å². The van der Waals surface area contributed by atoms with Gasteiger partial charge in [0.1, 0.15) is 11.5 Å². The van der Waals surface area contributed by atoms with E-state index in [4.69, 9.17) is 11.7 Å². The second-order valence-electron chi connectivity index (χ2n) is 3.61. The van der Waals surface area contributed by atoms with E-state index in [1.54, 1.807) is 6.92 Å². The fourth-order valence-corrected chi connectivity index (χ4v) is 1.43. The van der Waals surface area contributed by atoms with Crippen molar-refractivity contribution in [1.82, 2.24) is 5.01 Å². The van der Waals surface area contributed by atoms with Crippen LogP contribution in [0.1, 0.15) is 11.1 Å². The molecule has 0 radical (unpaired) electrons. The molecule has 1 aromatic rings. The molecule has 0 aliphatic carbocycles. The van der Waals surface area contributed by atoms with Gasteiger partial charge in [0.15, 0.2) is 0 Å². The largest absolute Gasteiger partial charge is 0.392 e. The first-order valence-corrected chi connectivity index (χ1v) is 4.86. The topological polar surface area (TPSA) is 95.8 Å². The number of hydrogen-bond donors (Lipinski definition) is 3. The van der Waals surface area contributed by atoms with Crippen LogP contribution in [0.25, 0.3) is 0 Å². The third-order valence-electron chi connectivity index (χ3n) is 2.37. The van der Waals surface area contributed by atoms with Crippen LogP contribution in [0.2, 0.25) is 0 Å². The number of benzene rings is 1. The first-order valence-electron chi connectivity index (χ1n) is 4.86. The van der Waals surface area contributed by atoms with Gasteiger partial charge in [0.25, 0.3) is 0 Å². The molecule has 1 aromatic carbocycles. The Labute approximate surface area is 98.2 Å². The maximum atomic E-state index is 13.6. The van der Waals surface area contributed by atoms with Crippen molar-refractivity contribution in [2.45, 2.75) is 13.5 Å². The second kappa shape index (κ2) is 5.09. The minimum Gasteiger partial charge on any atom is -0.392 e. The molecule has 17 heavy (non-hydrogen) atoms. The van der Waals surface area contributed by atoms with Crippen LogP contribution in [0.3, 0.4) is 0 Å². The van der Waals surface area contributed by atoms with Crippen LogP contribution in [0.5, 0.6) is 0 Å². The lowest BCUT2D eigenvalue weighted by molar-refractivity contribution is 0.216. The lowest BCUT2D eigenvalue weighted by Gasteiger charge is -2.23. The third-order valence-corrected chi connectivity index (χ3v) is 2.37. The van der Waals surface area contributed by atoms with Crippen molar-refractivity contribution in [2.24, 2.45) is 11.7 Å². The van der Waals surface area contributed by atoms with E-state index in [1.165, 1.54) is 19.2 Å². The van der Waals surface area contributed by atoms with E-state index in [0.717, 1.165) is 5.01 Å². The highest BCUT2D eigenvalue weighted by atomic mass is 19.1. The number of nitrogens with zero attached hydrogens (tertiary/aromatic N) is 2. The fourth-order valence-electron chi connectivity index (χ4n) is 1.43. The molecule has 6 nitrogen and oxygen atoms in total. The fraction of sp³-hybridized carbons (Fsp3) is 0.300. The molecule has 0 saturated heterocycles. The summed E-state index contributed by atoms with van der Waals surface area (Å²) in [6, 6.07) is 1.88. The predicted octanol–water partition coefficient (Wildman–Crippen LogP) is 0.232. The minimum absolute atomic E-state index is 0.171. The molecule has 0 unspecified atom stereocenters. The number of amides is 2. The molecule has 0 aliphatic rings. The molecule has 5 N–H and O–H groups in total. The van der Waals surface area contributed by atoms with Crippen LogP contribution >= 0.6 is 0 Å². The van der Waals surface area contributed by atoms with Gasteiger partial charge in [-0.1, -0.05) is 6.07 Å². The molecule has 1 rings (SSSR count). The van der Waals surface area contributed by atoms with Gasteiger partial charge >= 0.3 is 6.03 Å². The normalized spacial score (nSPS) is 10.2.